The molecule has 0 rings (SSSR count). The fourth-order valence-electron chi connectivity index (χ4n) is 0.434. The third-order valence-electron chi connectivity index (χ3n) is 0.884. The molecule has 4 heteroatoms. The Kier molecular flexibility index (Phi) is 4.70. The molecule has 10 heavy (non-hydrogen) atoms. The number of carbonyl (C=O) groups is 2. The van der Waals surface area contributed by atoms with Gasteiger partial charge in [0.15, 0.2) is 5.78 Å². The third-order valence-corrected chi connectivity index (χ3v) is 0.884. The summed E-state index contributed by atoms with van der Waals surface area (Å²) in [5.41, 5.74) is 0. The average molecular weight is 146 g/mol. The molecule has 0 spiro atoms. The predicted octanol–water partition coefficient (Wildman–Crippen LogP) is -0.501. The van der Waals surface area contributed by atoms with Gasteiger partial charge in [0.05, 0.1) is 6.42 Å². The second kappa shape index (κ2) is 5.08. The highest BCUT2D eigenvalue weighted by Crippen LogP contribution is 1.90. The SMILES string of the molecule is CCOC(O)C(=O)CC=O. The summed E-state index contributed by atoms with van der Waals surface area (Å²) in [7, 11) is 0. The van der Waals surface area contributed by atoms with E-state index in [9.17, 15) is 9.59 Å². The van der Waals surface area contributed by atoms with Crippen LogP contribution in [0.15, 0.2) is 0 Å². The van der Waals surface area contributed by atoms with Gasteiger partial charge in [0.2, 0.25) is 6.29 Å². The molecule has 4 nitrogen and oxygen atoms in total. The highest BCUT2D eigenvalue weighted by atomic mass is 16.6. The summed E-state index contributed by atoms with van der Waals surface area (Å²) >= 11 is 0. The van der Waals surface area contributed by atoms with Crippen LogP contribution in [0.25, 0.3) is 0 Å². The summed E-state index contributed by atoms with van der Waals surface area (Å²) in [4.78, 5) is 20.3. The minimum atomic E-state index is -1.44. The molecule has 0 aromatic carbocycles. The van der Waals surface area contributed by atoms with Crippen LogP contribution in [0.2, 0.25) is 0 Å². The number of rotatable bonds is 5. The van der Waals surface area contributed by atoms with E-state index >= 15 is 0 Å². The molecule has 0 fully saturated rings. The molecule has 0 aliphatic carbocycles. The van der Waals surface area contributed by atoms with Gasteiger partial charge in [0, 0.05) is 6.61 Å². The molecule has 58 valence electrons. The van der Waals surface area contributed by atoms with Crippen molar-refractivity contribution in [2.24, 2.45) is 0 Å². The Bertz CT molecular complexity index is 121. The number of hydrogen-bond donors (Lipinski definition) is 1. The molecule has 1 N–H and O–H groups in total. The van der Waals surface area contributed by atoms with E-state index in [1.54, 1.807) is 6.92 Å². The quantitative estimate of drug-likeness (QED) is 0.322. The summed E-state index contributed by atoms with van der Waals surface area (Å²) in [6.07, 6.45) is -1.29. The zero-order chi connectivity index (χ0) is 7.98. The predicted molar refractivity (Wildman–Crippen MR) is 33.3 cm³/mol. The van der Waals surface area contributed by atoms with E-state index in [0.29, 0.717) is 6.29 Å². The van der Waals surface area contributed by atoms with Crippen LogP contribution in [0, 0.1) is 0 Å². The van der Waals surface area contributed by atoms with Crippen molar-refractivity contribution in [2.75, 3.05) is 6.61 Å². The van der Waals surface area contributed by atoms with Gasteiger partial charge in [-0.2, -0.15) is 0 Å². The number of ketones is 1. The number of aliphatic hydroxyl groups excluding tert-OH is 1. The summed E-state index contributed by atoms with van der Waals surface area (Å²) in [5.74, 6) is -0.600. The number of carbonyl (C=O) groups excluding carboxylic acids is 2. The van der Waals surface area contributed by atoms with Crippen molar-refractivity contribution in [1.82, 2.24) is 0 Å². The van der Waals surface area contributed by atoms with Crippen molar-refractivity contribution in [3.05, 3.63) is 0 Å². The van der Waals surface area contributed by atoms with E-state index < -0.39 is 12.1 Å². The molecule has 1 atom stereocenters. The van der Waals surface area contributed by atoms with Crippen molar-refractivity contribution >= 4 is 12.1 Å². The molecule has 0 aromatic rings. The Balaban J connectivity index is 3.58. The first-order valence-corrected chi connectivity index (χ1v) is 2.98. The van der Waals surface area contributed by atoms with Crippen LogP contribution in [0.5, 0.6) is 0 Å². The number of aldehydes is 1. The molecule has 0 amide bonds. The van der Waals surface area contributed by atoms with Crippen LogP contribution in [0.1, 0.15) is 13.3 Å². The van der Waals surface area contributed by atoms with Crippen molar-refractivity contribution in [2.45, 2.75) is 19.6 Å². The summed E-state index contributed by atoms with van der Waals surface area (Å²) in [6, 6.07) is 0. The van der Waals surface area contributed by atoms with Crippen LogP contribution in [0.3, 0.4) is 0 Å². The summed E-state index contributed by atoms with van der Waals surface area (Å²) in [6.45, 7) is 1.91. The largest absolute Gasteiger partial charge is 0.362 e. The molecule has 0 saturated carbocycles. The Morgan fingerprint density at radius 1 is 1.80 bits per heavy atom. The summed E-state index contributed by atoms with van der Waals surface area (Å²) < 4.78 is 4.50. The van der Waals surface area contributed by atoms with E-state index in [2.05, 4.69) is 4.74 Å². The first kappa shape index (κ1) is 9.26. The lowest BCUT2D eigenvalue weighted by atomic mass is 10.3. The second-order valence-corrected chi connectivity index (χ2v) is 1.64. The zero-order valence-corrected chi connectivity index (χ0v) is 5.74. The minimum Gasteiger partial charge on any atom is -0.362 e. The van der Waals surface area contributed by atoms with Crippen molar-refractivity contribution < 1.29 is 19.4 Å². The Morgan fingerprint density at radius 3 is 2.80 bits per heavy atom. The maximum atomic E-state index is 10.5. The molecule has 0 heterocycles. The molecular formula is C6H10O4. The van der Waals surface area contributed by atoms with Gasteiger partial charge >= 0.3 is 0 Å². The number of ether oxygens (including phenoxy) is 1. The third kappa shape index (κ3) is 3.32. The van der Waals surface area contributed by atoms with E-state index in [0.717, 1.165) is 0 Å². The molecule has 0 bridgehead atoms. The van der Waals surface area contributed by atoms with Crippen LogP contribution in [0.4, 0.5) is 0 Å². The fraction of sp³-hybridized carbons (Fsp3) is 0.667. The van der Waals surface area contributed by atoms with E-state index in [1.807, 2.05) is 0 Å². The van der Waals surface area contributed by atoms with Gasteiger partial charge in [-0.25, -0.2) is 0 Å². The lowest BCUT2D eigenvalue weighted by Crippen LogP contribution is -2.23. The number of Topliss-reactive ketones (excluding diaryl/α,β-unsaturated/α-hetero) is 1. The first-order valence-electron chi connectivity index (χ1n) is 2.98. The highest BCUT2D eigenvalue weighted by molar-refractivity contribution is 5.91. The van der Waals surface area contributed by atoms with Gasteiger partial charge in [-0.05, 0) is 6.92 Å². The van der Waals surface area contributed by atoms with Gasteiger partial charge in [-0.1, -0.05) is 0 Å². The van der Waals surface area contributed by atoms with E-state index in [4.69, 9.17) is 5.11 Å². The van der Waals surface area contributed by atoms with Crippen molar-refractivity contribution in [3.63, 3.8) is 0 Å². The highest BCUT2D eigenvalue weighted by Gasteiger charge is 2.12. The molecule has 0 aliphatic heterocycles. The second-order valence-electron chi connectivity index (χ2n) is 1.64. The normalized spacial score (nSPS) is 12.6. The van der Waals surface area contributed by atoms with Crippen LogP contribution < -0.4 is 0 Å². The molecule has 0 radical (unpaired) electrons. The van der Waals surface area contributed by atoms with Gasteiger partial charge in [-0.15, -0.1) is 0 Å². The van der Waals surface area contributed by atoms with Crippen LogP contribution in [-0.2, 0) is 14.3 Å². The van der Waals surface area contributed by atoms with Gasteiger partial charge in [0.1, 0.15) is 6.29 Å². The van der Waals surface area contributed by atoms with Crippen LogP contribution >= 0.6 is 0 Å². The molecule has 0 aliphatic rings. The monoisotopic (exact) mass is 146 g/mol. The summed E-state index contributed by atoms with van der Waals surface area (Å²) in [5, 5.41) is 8.72. The number of aliphatic hydroxyl groups is 1. The van der Waals surface area contributed by atoms with Gasteiger partial charge in [-0.3, -0.25) is 4.79 Å². The fourth-order valence-corrected chi connectivity index (χ4v) is 0.434. The van der Waals surface area contributed by atoms with E-state index in [-0.39, 0.29) is 13.0 Å². The van der Waals surface area contributed by atoms with Gasteiger partial charge < -0.3 is 14.6 Å². The van der Waals surface area contributed by atoms with Crippen molar-refractivity contribution in [3.8, 4) is 0 Å². The Morgan fingerprint density at radius 2 is 2.40 bits per heavy atom. The number of hydrogen-bond acceptors (Lipinski definition) is 4. The lowest BCUT2D eigenvalue weighted by Gasteiger charge is -2.05. The molecule has 1 unspecified atom stereocenters. The Hall–Kier alpha value is -0.740. The smallest absolute Gasteiger partial charge is 0.215 e. The maximum absolute atomic E-state index is 10.5. The minimum absolute atomic E-state index is 0.256. The molecule has 0 saturated heterocycles. The van der Waals surface area contributed by atoms with E-state index in [1.165, 1.54) is 0 Å². The van der Waals surface area contributed by atoms with Gasteiger partial charge in [0.25, 0.3) is 0 Å². The topological polar surface area (TPSA) is 63.6 Å². The maximum Gasteiger partial charge on any atom is 0.215 e. The average Bonchev–Trinajstić information content (AvgIpc) is 1.89. The van der Waals surface area contributed by atoms with Crippen molar-refractivity contribution in [1.29, 1.82) is 0 Å². The van der Waals surface area contributed by atoms with Crippen LogP contribution in [-0.4, -0.2) is 30.1 Å². The lowest BCUT2D eigenvalue weighted by molar-refractivity contribution is -0.155. The standard InChI is InChI=1S/C6H10O4/c1-2-10-6(9)5(8)3-4-7/h4,6,9H,2-3H2,1H3. The first-order chi connectivity index (χ1) is 4.72. The zero-order valence-electron chi connectivity index (χ0n) is 5.74. The molecule has 0 aromatic heterocycles. The molecular weight excluding hydrogens is 136 g/mol. The Labute approximate surface area is 58.8 Å².